The SMILES string of the molecule is Cc1cn([C@H]2C[C@H](N=[N+]=N)[C@@H](CO)O2)c(=O)[nH]c1=O. The zero-order valence-electron chi connectivity index (χ0n) is 10.2. The Hall–Kier alpha value is -2.09. The smallest absolute Gasteiger partial charge is 0.330 e. The highest BCUT2D eigenvalue weighted by atomic mass is 16.5. The molecule has 2 rings (SSSR count). The quantitative estimate of drug-likeness (QED) is 0.480. The van der Waals surface area contributed by atoms with Gasteiger partial charge in [-0.15, -0.1) is 0 Å². The van der Waals surface area contributed by atoms with Crippen molar-refractivity contribution in [1.29, 1.82) is 5.53 Å². The van der Waals surface area contributed by atoms with E-state index in [-0.39, 0.29) is 6.61 Å². The van der Waals surface area contributed by atoms with Crippen LogP contribution in [0.25, 0.3) is 0 Å². The van der Waals surface area contributed by atoms with Gasteiger partial charge in [0.25, 0.3) is 5.56 Å². The molecule has 0 aromatic carbocycles. The Balaban J connectivity index is 2.34. The third-order valence-corrected chi connectivity index (χ3v) is 3.05. The molecule has 0 radical (unpaired) electrons. The Bertz CT molecular complexity index is 630. The van der Waals surface area contributed by atoms with Gasteiger partial charge in [-0.25, -0.2) is 4.79 Å². The van der Waals surface area contributed by atoms with E-state index in [1.807, 2.05) is 0 Å². The fraction of sp³-hybridized carbons (Fsp3) is 0.600. The van der Waals surface area contributed by atoms with Crippen molar-refractivity contribution in [2.24, 2.45) is 5.11 Å². The van der Waals surface area contributed by atoms with Crippen molar-refractivity contribution in [3.05, 3.63) is 32.6 Å². The fourth-order valence-corrected chi connectivity index (χ4v) is 2.05. The van der Waals surface area contributed by atoms with E-state index in [0.29, 0.717) is 12.0 Å². The number of hydrogen-bond acceptors (Lipinski definition) is 6. The van der Waals surface area contributed by atoms with E-state index in [1.165, 1.54) is 10.8 Å². The maximum atomic E-state index is 11.7. The van der Waals surface area contributed by atoms with Crippen LogP contribution >= 0.6 is 0 Å². The molecule has 0 amide bonds. The van der Waals surface area contributed by atoms with E-state index in [2.05, 4.69) is 15.0 Å². The normalized spacial score (nSPS) is 26.1. The summed E-state index contributed by atoms with van der Waals surface area (Å²) in [6, 6.07) is -0.480. The first-order valence-electron chi connectivity index (χ1n) is 5.71. The molecule has 3 N–H and O–H groups in total. The van der Waals surface area contributed by atoms with Gasteiger partial charge in [0.05, 0.1) is 6.61 Å². The van der Waals surface area contributed by atoms with E-state index >= 15 is 0 Å². The second-order valence-corrected chi connectivity index (χ2v) is 4.31. The molecule has 1 aliphatic rings. The number of nitrogens with one attached hydrogen (secondary N) is 2. The van der Waals surface area contributed by atoms with Crippen LogP contribution in [0.3, 0.4) is 0 Å². The Labute approximate surface area is 107 Å². The Kier molecular flexibility index (Phi) is 3.70. The molecular weight excluding hydrogens is 254 g/mol. The third kappa shape index (κ3) is 2.53. The minimum absolute atomic E-state index is 0.280. The fourth-order valence-electron chi connectivity index (χ4n) is 2.05. The Morgan fingerprint density at radius 2 is 2.42 bits per heavy atom. The van der Waals surface area contributed by atoms with E-state index in [4.69, 9.17) is 15.4 Å². The molecule has 9 heteroatoms. The van der Waals surface area contributed by atoms with Gasteiger partial charge in [0, 0.05) is 18.2 Å². The zero-order valence-corrected chi connectivity index (χ0v) is 10.2. The second kappa shape index (κ2) is 5.27. The highest BCUT2D eigenvalue weighted by Gasteiger charge is 2.39. The molecule has 0 saturated carbocycles. The average molecular weight is 268 g/mol. The standard InChI is InChI=1S/C10H13N5O4/c1-5-3-15(10(18)12-9(5)17)8-2-6(13-14-11)7(4-16)19-8/h3,6-8,11,16H,2,4H2,1H3/p+1/t6-,7+,8+/m0/s1. The van der Waals surface area contributed by atoms with Gasteiger partial charge in [-0.2, -0.15) is 0 Å². The van der Waals surface area contributed by atoms with Crippen molar-refractivity contribution in [3.8, 4) is 0 Å². The molecule has 3 atom stereocenters. The highest BCUT2D eigenvalue weighted by molar-refractivity contribution is 5.02. The summed E-state index contributed by atoms with van der Waals surface area (Å²) in [4.78, 5) is 28.1. The molecule has 19 heavy (non-hydrogen) atoms. The third-order valence-electron chi connectivity index (χ3n) is 3.05. The number of aromatic nitrogens is 2. The summed E-state index contributed by atoms with van der Waals surface area (Å²) in [5, 5.41) is 12.8. The number of hydrogen-bond donors (Lipinski definition) is 3. The molecule has 0 bridgehead atoms. The van der Waals surface area contributed by atoms with Crippen molar-refractivity contribution in [1.82, 2.24) is 14.5 Å². The molecule has 2 heterocycles. The van der Waals surface area contributed by atoms with Gasteiger partial charge in [-0.05, 0) is 6.92 Å². The molecule has 0 aliphatic carbocycles. The number of ether oxygens (including phenoxy) is 1. The Morgan fingerprint density at radius 3 is 3.05 bits per heavy atom. The number of nitrogens with zero attached hydrogens (tertiary/aromatic N) is 3. The number of aliphatic hydroxyl groups excluding tert-OH is 1. The Morgan fingerprint density at radius 1 is 1.68 bits per heavy atom. The van der Waals surface area contributed by atoms with Crippen molar-refractivity contribution in [2.45, 2.75) is 31.7 Å². The summed E-state index contributed by atoms with van der Waals surface area (Å²) in [6.45, 7) is 1.30. The topological polar surface area (TPSA) is 135 Å². The first kappa shape index (κ1) is 13.3. The lowest BCUT2D eigenvalue weighted by atomic mass is 10.1. The number of aromatic amines is 1. The van der Waals surface area contributed by atoms with E-state index < -0.39 is 29.6 Å². The monoisotopic (exact) mass is 268 g/mol. The molecule has 1 aromatic heterocycles. The number of H-pyrrole nitrogens is 1. The molecule has 1 aliphatic heterocycles. The summed E-state index contributed by atoms with van der Waals surface area (Å²) in [5.74, 6) is 0. The van der Waals surface area contributed by atoms with Gasteiger partial charge in [-0.3, -0.25) is 14.3 Å². The molecule has 0 unspecified atom stereocenters. The van der Waals surface area contributed by atoms with Crippen LogP contribution in [0.1, 0.15) is 18.2 Å². The van der Waals surface area contributed by atoms with Crippen LogP contribution in [0.2, 0.25) is 0 Å². The summed E-state index contributed by atoms with van der Waals surface area (Å²) < 4.78 is 6.74. The maximum Gasteiger partial charge on any atom is 0.330 e. The maximum absolute atomic E-state index is 11.7. The highest BCUT2D eigenvalue weighted by Crippen LogP contribution is 2.29. The first-order chi connectivity index (χ1) is 9.06. The van der Waals surface area contributed by atoms with Crippen LogP contribution in [0, 0.1) is 12.5 Å². The van der Waals surface area contributed by atoms with E-state index in [0.717, 1.165) is 0 Å². The van der Waals surface area contributed by atoms with Crippen LogP contribution in [-0.2, 0) is 4.74 Å². The first-order valence-corrected chi connectivity index (χ1v) is 5.71. The van der Waals surface area contributed by atoms with Gasteiger partial charge < -0.3 is 9.84 Å². The minimum Gasteiger partial charge on any atom is -0.394 e. The predicted octanol–water partition coefficient (Wildman–Crippen LogP) is -0.956. The van der Waals surface area contributed by atoms with Gasteiger partial charge >= 0.3 is 5.69 Å². The van der Waals surface area contributed by atoms with Crippen LogP contribution < -0.4 is 16.2 Å². The molecule has 9 nitrogen and oxygen atoms in total. The largest absolute Gasteiger partial charge is 0.394 e. The van der Waals surface area contributed by atoms with Crippen LogP contribution in [0.15, 0.2) is 20.9 Å². The van der Waals surface area contributed by atoms with E-state index in [1.54, 1.807) is 6.92 Å². The molecule has 0 spiro atoms. The molecule has 1 fully saturated rings. The second-order valence-electron chi connectivity index (χ2n) is 4.31. The van der Waals surface area contributed by atoms with Crippen LogP contribution in [0.5, 0.6) is 0 Å². The van der Waals surface area contributed by atoms with Crippen molar-refractivity contribution >= 4 is 0 Å². The lowest BCUT2D eigenvalue weighted by Gasteiger charge is -2.14. The summed E-state index contributed by atoms with van der Waals surface area (Å²) in [6.07, 6.45) is 0.452. The number of aliphatic hydroxyl groups is 1. The molecular formula is C10H14N5O4+. The summed E-state index contributed by atoms with van der Waals surface area (Å²) in [5.41, 5.74) is 6.07. The van der Waals surface area contributed by atoms with Crippen molar-refractivity contribution < 1.29 is 9.84 Å². The minimum atomic E-state index is -0.643. The van der Waals surface area contributed by atoms with Gasteiger partial charge in [0.1, 0.15) is 23.0 Å². The van der Waals surface area contributed by atoms with Crippen LogP contribution in [-0.4, -0.2) is 33.4 Å². The summed E-state index contributed by atoms with van der Waals surface area (Å²) in [7, 11) is 0. The van der Waals surface area contributed by atoms with E-state index in [9.17, 15) is 9.59 Å². The summed E-state index contributed by atoms with van der Waals surface area (Å²) >= 11 is 0. The number of aryl methyl sites for hydroxylation is 1. The van der Waals surface area contributed by atoms with Crippen LogP contribution in [0.4, 0.5) is 0 Å². The zero-order chi connectivity index (χ0) is 14.0. The van der Waals surface area contributed by atoms with Gasteiger partial charge in [-0.1, -0.05) is 0 Å². The predicted molar refractivity (Wildman–Crippen MR) is 62.7 cm³/mol. The van der Waals surface area contributed by atoms with Gasteiger partial charge in [0.2, 0.25) is 4.91 Å². The molecule has 102 valence electrons. The average Bonchev–Trinajstić information content (AvgIpc) is 2.77. The number of rotatable bonds is 3. The molecule has 1 saturated heterocycles. The lowest BCUT2D eigenvalue weighted by molar-refractivity contribution is -0.0274. The van der Waals surface area contributed by atoms with Crippen molar-refractivity contribution in [2.75, 3.05) is 6.61 Å². The van der Waals surface area contributed by atoms with Crippen molar-refractivity contribution in [3.63, 3.8) is 0 Å². The van der Waals surface area contributed by atoms with Gasteiger partial charge in [0.15, 0.2) is 6.04 Å². The lowest BCUT2D eigenvalue weighted by Crippen LogP contribution is -2.33. The molecule has 1 aromatic rings.